The van der Waals surface area contributed by atoms with Crippen molar-refractivity contribution in [1.82, 2.24) is 5.32 Å². The first kappa shape index (κ1) is 14.7. The third kappa shape index (κ3) is 8.08. The molecule has 0 bridgehead atoms. The van der Waals surface area contributed by atoms with Gasteiger partial charge in [0, 0.05) is 12.5 Å². The summed E-state index contributed by atoms with van der Waals surface area (Å²) in [6.07, 6.45) is 0.663. The van der Waals surface area contributed by atoms with Crippen LogP contribution in [-0.4, -0.2) is 28.8 Å². The molecule has 2 N–H and O–H groups in total. The molecule has 5 nitrogen and oxygen atoms in total. The zero-order valence-corrected chi connectivity index (χ0v) is 10.4. The van der Waals surface area contributed by atoms with Gasteiger partial charge in [-0.05, 0) is 33.6 Å². The van der Waals surface area contributed by atoms with E-state index in [9.17, 15) is 9.59 Å². The van der Waals surface area contributed by atoms with Gasteiger partial charge in [-0.25, -0.2) is 4.79 Å². The van der Waals surface area contributed by atoms with Crippen molar-refractivity contribution in [1.29, 1.82) is 0 Å². The molecule has 94 valence electrons. The highest BCUT2D eigenvalue weighted by Gasteiger charge is 2.18. The number of carboxylic acids is 1. The first-order chi connectivity index (χ1) is 7.24. The van der Waals surface area contributed by atoms with Crippen LogP contribution < -0.4 is 5.32 Å². The van der Waals surface area contributed by atoms with Crippen molar-refractivity contribution in [2.24, 2.45) is 0 Å². The van der Waals surface area contributed by atoms with E-state index in [1.165, 1.54) is 0 Å². The number of amides is 1. The Morgan fingerprint density at radius 1 is 1.38 bits per heavy atom. The third-order valence-corrected chi connectivity index (χ3v) is 1.92. The zero-order valence-electron chi connectivity index (χ0n) is 10.4. The summed E-state index contributed by atoms with van der Waals surface area (Å²) in [4.78, 5) is 21.8. The summed E-state index contributed by atoms with van der Waals surface area (Å²) in [7, 11) is 0. The second-order valence-electron chi connectivity index (χ2n) is 4.68. The van der Waals surface area contributed by atoms with Crippen molar-refractivity contribution in [3.63, 3.8) is 0 Å². The first-order valence-electron chi connectivity index (χ1n) is 5.46. The number of rotatable bonds is 5. The maximum absolute atomic E-state index is 11.4. The molecule has 1 amide bonds. The molecular formula is C11H21NO4. The molecule has 0 spiro atoms. The maximum Gasteiger partial charge on any atom is 0.407 e. The van der Waals surface area contributed by atoms with Gasteiger partial charge in [0.05, 0.1) is 0 Å². The summed E-state index contributed by atoms with van der Waals surface area (Å²) < 4.78 is 5.08. The molecule has 0 aromatic rings. The lowest BCUT2D eigenvalue weighted by molar-refractivity contribution is -0.137. The number of carboxylic acid groups (broad SMARTS) is 1. The summed E-state index contributed by atoms with van der Waals surface area (Å²) in [6, 6.07) is -0.147. The Kier molecular flexibility index (Phi) is 5.85. The van der Waals surface area contributed by atoms with Crippen LogP contribution in [0.2, 0.25) is 0 Å². The van der Waals surface area contributed by atoms with Gasteiger partial charge in [-0.15, -0.1) is 0 Å². The topological polar surface area (TPSA) is 75.6 Å². The molecule has 0 aliphatic rings. The fraction of sp³-hybridized carbons (Fsp3) is 0.818. The molecule has 0 fully saturated rings. The molecule has 5 heteroatoms. The van der Waals surface area contributed by atoms with Crippen LogP contribution in [0.1, 0.15) is 47.0 Å². The average Bonchev–Trinajstić information content (AvgIpc) is 2.08. The lowest BCUT2D eigenvalue weighted by atomic mass is 10.1. The molecule has 0 saturated heterocycles. The van der Waals surface area contributed by atoms with Crippen molar-refractivity contribution in [3.05, 3.63) is 0 Å². The van der Waals surface area contributed by atoms with E-state index in [2.05, 4.69) is 5.32 Å². The van der Waals surface area contributed by atoms with Crippen molar-refractivity contribution in [2.45, 2.75) is 58.6 Å². The van der Waals surface area contributed by atoms with Crippen molar-refractivity contribution in [2.75, 3.05) is 0 Å². The Hall–Kier alpha value is -1.26. The van der Waals surface area contributed by atoms with Gasteiger partial charge in [-0.1, -0.05) is 6.92 Å². The SMILES string of the molecule is CC[C@@H](CCC(=O)O)NC(=O)OC(C)(C)C. The van der Waals surface area contributed by atoms with Gasteiger partial charge < -0.3 is 15.2 Å². The maximum atomic E-state index is 11.4. The standard InChI is InChI=1S/C11H21NO4/c1-5-8(6-7-9(13)14)12-10(15)16-11(2,3)4/h8H,5-7H2,1-4H3,(H,12,15)(H,13,14)/t8-/m0/s1. The van der Waals surface area contributed by atoms with E-state index in [0.717, 1.165) is 0 Å². The number of aliphatic carboxylic acids is 1. The molecular weight excluding hydrogens is 210 g/mol. The highest BCUT2D eigenvalue weighted by molar-refractivity contribution is 5.69. The number of ether oxygens (including phenoxy) is 1. The van der Waals surface area contributed by atoms with Crippen LogP contribution >= 0.6 is 0 Å². The fourth-order valence-electron chi connectivity index (χ4n) is 1.15. The molecule has 1 atom stereocenters. The summed E-state index contributed by atoms with van der Waals surface area (Å²) >= 11 is 0. The fourth-order valence-corrected chi connectivity index (χ4v) is 1.15. The predicted molar refractivity (Wildman–Crippen MR) is 60.3 cm³/mol. The van der Waals surface area contributed by atoms with Gasteiger partial charge in [-0.2, -0.15) is 0 Å². The van der Waals surface area contributed by atoms with E-state index in [1.807, 2.05) is 6.92 Å². The Balaban J connectivity index is 4.02. The van der Waals surface area contributed by atoms with Gasteiger partial charge in [0.25, 0.3) is 0 Å². The Morgan fingerprint density at radius 3 is 2.31 bits per heavy atom. The van der Waals surface area contributed by atoms with Crippen LogP contribution in [0.25, 0.3) is 0 Å². The largest absolute Gasteiger partial charge is 0.481 e. The van der Waals surface area contributed by atoms with Gasteiger partial charge >= 0.3 is 12.1 Å². The van der Waals surface area contributed by atoms with Gasteiger partial charge in [0.2, 0.25) is 0 Å². The smallest absolute Gasteiger partial charge is 0.407 e. The average molecular weight is 231 g/mol. The Bertz CT molecular complexity index is 245. The second kappa shape index (κ2) is 6.35. The molecule has 0 radical (unpaired) electrons. The lowest BCUT2D eigenvalue weighted by Gasteiger charge is -2.22. The third-order valence-electron chi connectivity index (χ3n) is 1.92. The van der Waals surface area contributed by atoms with Crippen LogP contribution in [0.15, 0.2) is 0 Å². The Labute approximate surface area is 96.2 Å². The minimum atomic E-state index is -0.857. The van der Waals surface area contributed by atoms with E-state index in [-0.39, 0.29) is 12.5 Å². The zero-order chi connectivity index (χ0) is 12.8. The highest BCUT2D eigenvalue weighted by atomic mass is 16.6. The minimum absolute atomic E-state index is 0.0499. The van der Waals surface area contributed by atoms with E-state index in [1.54, 1.807) is 20.8 Å². The molecule has 0 aromatic heterocycles. The van der Waals surface area contributed by atoms with Crippen LogP contribution in [0, 0.1) is 0 Å². The number of carbonyl (C=O) groups excluding carboxylic acids is 1. The van der Waals surface area contributed by atoms with Gasteiger partial charge in [-0.3, -0.25) is 4.79 Å². The predicted octanol–water partition coefficient (Wildman–Crippen LogP) is 2.15. The molecule has 0 heterocycles. The second-order valence-corrected chi connectivity index (χ2v) is 4.68. The van der Waals surface area contributed by atoms with E-state index in [4.69, 9.17) is 9.84 Å². The van der Waals surface area contributed by atoms with Crippen LogP contribution in [0.5, 0.6) is 0 Å². The molecule has 0 rings (SSSR count). The molecule has 0 saturated carbocycles. The molecule has 0 aliphatic carbocycles. The summed E-state index contributed by atoms with van der Waals surface area (Å²) in [5.41, 5.74) is -0.533. The van der Waals surface area contributed by atoms with E-state index in [0.29, 0.717) is 12.8 Å². The van der Waals surface area contributed by atoms with E-state index >= 15 is 0 Å². The minimum Gasteiger partial charge on any atom is -0.481 e. The van der Waals surface area contributed by atoms with Crippen molar-refractivity contribution < 1.29 is 19.4 Å². The summed E-state index contributed by atoms with van der Waals surface area (Å²) in [5.74, 6) is -0.857. The van der Waals surface area contributed by atoms with Crippen LogP contribution in [0.4, 0.5) is 4.79 Å². The number of carbonyl (C=O) groups is 2. The van der Waals surface area contributed by atoms with Crippen LogP contribution in [-0.2, 0) is 9.53 Å². The Morgan fingerprint density at radius 2 is 1.94 bits per heavy atom. The number of alkyl carbamates (subject to hydrolysis) is 1. The van der Waals surface area contributed by atoms with Crippen molar-refractivity contribution >= 4 is 12.1 Å². The first-order valence-corrected chi connectivity index (χ1v) is 5.46. The van der Waals surface area contributed by atoms with E-state index < -0.39 is 17.7 Å². The lowest BCUT2D eigenvalue weighted by Crippen LogP contribution is -2.39. The molecule has 16 heavy (non-hydrogen) atoms. The van der Waals surface area contributed by atoms with Gasteiger partial charge in [0.15, 0.2) is 0 Å². The molecule has 0 aliphatic heterocycles. The number of hydrogen-bond donors (Lipinski definition) is 2. The quantitative estimate of drug-likeness (QED) is 0.760. The summed E-state index contributed by atoms with van der Waals surface area (Å²) in [5, 5.41) is 11.2. The van der Waals surface area contributed by atoms with Gasteiger partial charge in [0.1, 0.15) is 5.60 Å². The van der Waals surface area contributed by atoms with Crippen molar-refractivity contribution in [3.8, 4) is 0 Å². The van der Waals surface area contributed by atoms with Crippen LogP contribution in [0.3, 0.4) is 0 Å². The summed E-state index contributed by atoms with van der Waals surface area (Å²) in [6.45, 7) is 7.24. The monoisotopic (exact) mass is 231 g/mol. The highest BCUT2D eigenvalue weighted by Crippen LogP contribution is 2.08. The molecule has 0 unspecified atom stereocenters. The number of nitrogens with one attached hydrogen (secondary N) is 1. The number of hydrogen-bond acceptors (Lipinski definition) is 3. The molecule has 0 aromatic carbocycles. The normalized spacial score (nSPS) is 13.0.